The monoisotopic (exact) mass is 479 g/mol. The molecule has 0 saturated carbocycles. The van der Waals surface area contributed by atoms with Gasteiger partial charge in [0.1, 0.15) is 17.3 Å². The van der Waals surface area contributed by atoms with Crippen LogP contribution in [0.1, 0.15) is 23.1 Å². The number of nitrogens with zero attached hydrogens (tertiary/aromatic N) is 4. The highest BCUT2D eigenvalue weighted by Crippen LogP contribution is 2.28. The van der Waals surface area contributed by atoms with Crippen molar-refractivity contribution in [3.63, 3.8) is 0 Å². The van der Waals surface area contributed by atoms with Crippen molar-refractivity contribution in [2.75, 3.05) is 13.7 Å². The Morgan fingerprint density at radius 1 is 1.03 bits per heavy atom. The molecule has 8 nitrogen and oxygen atoms in total. The lowest BCUT2D eigenvalue weighted by Crippen LogP contribution is -2.32. The summed E-state index contributed by atoms with van der Waals surface area (Å²) in [6.07, 6.45) is 1.74. The first-order valence-electron chi connectivity index (χ1n) is 11.6. The van der Waals surface area contributed by atoms with Crippen molar-refractivity contribution in [3.05, 3.63) is 107 Å². The van der Waals surface area contributed by atoms with Crippen LogP contribution < -0.4 is 10.3 Å². The van der Waals surface area contributed by atoms with Gasteiger partial charge in [0.25, 0.3) is 11.5 Å². The predicted molar refractivity (Wildman–Crippen MR) is 138 cm³/mol. The summed E-state index contributed by atoms with van der Waals surface area (Å²) in [4.78, 5) is 35.4. The van der Waals surface area contributed by atoms with E-state index in [4.69, 9.17) is 9.84 Å². The maximum Gasteiger partial charge on any atom is 0.258 e. The number of H-pyrrole nitrogens is 1. The van der Waals surface area contributed by atoms with Crippen LogP contribution in [-0.4, -0.2) is 44.2 Å². The zero-order valence-electron chi connectivity index (χ0n) is 20.0. The minimum absolute atomic E-state index is 0.156. The van der Waals surface area contributed by atoms with Crippen molar-refractivity contribution in [2.45, 2.75) is 13.5 Å². The Labute approximate surface area is 207 Å². The highest BCUT2D eigenvalue weighted by molar-refractivity contribution is 6.00. The number of ether oxygens (including phenoxy) is 1. The molecule has 0 bridgehead atoms. The van der Waals surface area contributed by atoms with E-state index in [1.54, 1.807) is 41.1 Å². The fourth-order valence-corrected chi connectivity index (χ4v) is 4.12. The number of para-hydroxylation sites is 2. The van der Waals surface area contributed by atoms with Crippen LogP contribution in [0.15, 0.2) is 89.9 Å². The molecule has 3 aromatic carbocycles. The normalized spacial score (nSPS) is 10.9. The molecule has 0 spiro atoms. The molecule has 180 valence electrons. The Bertz CT molecular complexity index is 1590. The minimum atomic E-state index is -0.229. The van der Waals surface area contributed by atoms with Gasteiger partial charge in [0.15, 0.2) is 0 Å². The molecule has 0 fully saturated rings. The van der Waals surface area contributed by atoms with E-state index < -0.39 is 0 Å². The highest BCUT2D eigenvalue weighted by atomic mass is 16.5. The van der Waals surface area contributed by atoms with Gasteiger partial charge < -0.3 is 14.6 Å². The third kappa shape index (κ3) is 4.48. The van der Waals surface area contributed by atoms with Gasteiger partial charge >= 0.3 is 0 Å². The number of hydrogen-bond acceptors (Lipinski definition) is 5. The Morgan fingerprint density at radius 2 is 1.81 bits per heavy atom. The van der Waals surface area contributed by atoms with E-state index in [1.807, 2.05) is 67.6 Å². The molecule has 5 aromatic rings. The van der Waals surface area contributed by atoms with Crippen molar-refractivity contribution in [1.82, 2.24) is 24.6 Å². The van der Waals surface area contributed by atoms with E-state index in [9.17, 15) is 9.59 Å². The van der Waals surface area contributed by atoms with Crippen molar-refractivity contribution in [2.24, 2.45) is 0 Å². The number of rotatable bonds is 7. The van der Waals surface area contributed by atoms with E-state index in [0.29, 0.717) is 40.3 Å². The largest absolute Gasteiger partial charge is 0.497 e. The first-order chi connectivity index (χ1) is 17.6. The van der Waals surface area contributed by atoms with Gasteiger partial charge in [-0.05, 0) is 43.3 Å². The Hall–Kier alpha value is -4.72. The number of carbonyl (C=O) groups is 1. The molecule has 0 aliphatic rings. The average Bonchev–Trinajstić information content (AvgIpc) is 3.38. The number of fused-ring (bicyclic) bond motifs is 1. The molecular formula is C28H25N5O3. The Kier molecular flexibility index (Phi) is 6.32. The molecule has 36 heavy (non-hydrogen) atoms. The summed E-state index contributed by atoms with van der Waals surface area (Å²) in [7, 11) is 1.60. The standard InChI is InChI=1S/C28H25N5O3/c1-3-32(18-25-29-24-15-8-7-14-22(24)27(34)30-25)28(35)23-17-33(20-11-5-4-6-12-20)31-26(23)19-10-9-13-21(16-19)36-2/h4-17H,3,18H2,1-2H3,(H,29,30,34). The van der Waals surface area contributed by atoms with Crippen molar-refractivity contribution >= 4 is 16.8 Å². The summed E-state index contributed by atoms with van der Waals surface area (Å²) in [6, 6.07) is 24.2. The fourth-order valence-electron chi connectivity index (χ4n) is 4.12. The van der Waals surface area contributed by atoms with Crippen LogP contribution in [0.25, 0.3) is 27.8 Å². The molecule has 8 heteroatoms. The van der Waals surface area contributed by atoms with Crippen molar-refractivity contribution in [3.8, 4) is 22.7 Å². The Morgan fingerprint density at radius 3 is 2.58 bits per heavy atom. The topological polar surface area (TPSA) is 93.1 Å². The molecule has 1 amide bonds. The Balaban J connectivity index is 1.55. The van der Waals surface area contributed by atoms with Crippen molar-refractivity contribution < 1.29 is 9.53 Å². The molecule has 2 heterocycles. The zero-order valence-corrected chi connectivity index (χ0v) is 20.0. The second-order valence-electron chi connectivity index (χ2n) is 8.25. The first kappa shape index (κ1) is 23.0. The summed E-state index contributed by atoms with van der Waals surface area (Å²) in [5, 5.41) is 5.28. The predicted octanol–water partition coefficient (Wildman–Crippen LogP) is 4.45. The van der Waals surface area contributed by atoms with Crippen LogP contribution in [0.5, 0.6) is 5.75 Å². The van der Waals surface area contributed by atoms with Crippen LogP contribution in [-0.2, 0) is 6.54 Å². The fraction of sp³-hybridized carbons (Fsp3) is 0.143. The van der Waals surface area contributed by atoms with Crippen LogP contribution in [0.3, 0.4) is 0 Å². The van der Waals surface area contributed by atoms with E-state index in [-0.39, 0.29) is 18.0 Å². The second-order valence-corrected chi connectivity index (χ2v) is 8.25. The number of hydrogen-bond donors (Lipinski definition) is 1. The molecular weight excluding hydrogens is 454 g/mol. The number of carbonyl (C=O) groups excluding carboxylic acids is 1. The number of benzene rings is 3. The summed E-state index contributed by atoms with van der Waals surface area (Å²) >= 11 is 0. The molecule has 1 N–H and O–H groups in total. The van der Waals surface area contributed by atoms with Crippen LogP contribution >= 0.6 is 0 Å². The third-order valence-electron chi connectivity index (χ3n) is 5.98. The van der Waals surface area contributed by atoms with Gasteiger partial charge in [-0.1, -0.05) is 42.5 Å². The zero-order chi connectivity index (χ0) is 25.1. The van der Waals surface area contributed by atoms with Gasteiger partial charge in [-0.3, -0.25) is 9.59 Å². The molecule has 0 aliphatic heterocycles. The summed E-state index contributed by atoms with van der Waals surface area (Å²) in [6.45, 7) is 2.47. The molecule has 2 aromatic heterocycles. The smallest absolute Gasteiger partial charge is 0.258 e. The van der Waals surface area contributed by atoms with Crippen LogP contribution in [0.2, 0.25) is 0 Å². The van der Waals surface area contributed by atoms with Crippen molar-refractivity contribution in [1.29, 1.82) is 0 Å². The quantitative estimate of drug-likeness (QED) is 0.372. The number of amides is 1. The number of aromatic nitrogens is 4. The summed E-state index contributed by atoms with van der Waals surface area (Å²) in [5.41, 5.74) is 2.95. The van der Waals surface area contributed by atoms with E-state index in [0.717, 1.165) is 11.3 Å². The SMILES string of the molecule is CCN(Cc1nc2ccccc2c(=O)[nH]1)C(=O)c1cn(-c2ccccc2)nc1-c1cccc(OC)c1. The lowest BCUT2D eigenvalue weighted by molar-refractivity contribution is 0.0749. The van der Waals surface area contributed by atoms with Gasteiger partial charge in [-0.15, -0.1) is 0 Å². The number of methoxy groups -OCH3 is 1. The molecule has 0 radical (unpaired) electrons. The minimum Gasteiger partial charge on any atom is -0.497 e. The molecule has 0 saturated heterocycles. The summed E-state index contributed by atoms with van der Waals surface area (Å²) in [5.74, 6) is 0.881. The molecule has 5 rings (SSSR count). The van der Waals surface area contributed by atoms with Gasteiger partial charge in [-0.25, -0.2) is 9.67 Å². The lowest BCUT2D eigenvalue weighted by atomic mass is 10.1. The van der Waals surface area contributed by atoms with E-state index >= 15 is 0 Å². The molecule has 0 aliphatic carbocycles. The highest BCUT2D eigenvalue weighted by Gasteiger charge is 2.24. The van der Waals surface area contributed by atoms with Gasteiger partial charge in [0, 0.05) is 18.3 Å². The van der Waals surface area contributed by atoms with Crippen LogP contribution in [0.4, 0.5) is 0 Å². The first-order valence-corrected chi connectivity index (χ1v) is 11.6. The van der Waals surface area contributed by atoms with Crippen LogP contribution in [0, 0.1) is 0 Å². The third-order valence-corrected chi connectivity index (χ3v) is 5.98. The van der Waals surface area contributed by atoms with E-state index in [2.05, 4.69) is 9.97 Å². The van der Waals surface area contributed by atoms with Gasteiger partial charge in [0.2, 0.25) is 0 Å². The molecule has 0 unspecified atom stereocenters. The number of nitrogens with one attached hydrogen (secondary N) is 1. The van der Waals surface area contributed by atoms with Gasteiger partial charge in [-0.2, -0.15) is 5.10 Å². The average molecular weight is 480 g/mol. The van der Waals surface area contributed by atoms with Gasteiger partial charge in [0.05, 0.1) is 35.8 Å². The molecule has 0 atom stereocenters. The van der Waals surface area contributed by atoms with E-state index in [1.165, 1.54) is 0 Å². The lowest BCUT2D eigenvalue weighted by Gasteiger charge is -2.20. The number of aromatic amines is 1. The maximum atomic E-state index is 13.8. The maximum absolute atomic E-state index is 13.8. The second kappa shape index (κ2) is 9.87. The summed E-state index contributed by atoms with van der Waals surface area (Å²) < 4.78 is 7.09.